The molecule has 0 saturated heterocycles. The van der Waals surface area contributed by atoms with Gasteiger partial charge in [-0.1, -0.05) is 91.0 Å². The number of aromatic nitrogens is 3. The highest BCUT2D eigenvalue weighted by Crippen LogP contribution is 2.42. The Bertz CT molecular complexity index is 3290. The molecule has 5 nitrogen and oxygen atoms in total. The molecule has 4 heterocycles. The van der Waals surface area contributed by atoms with Gasteiger partial charge in [-0.05, 0) is 76.5 Å². The van der Waals surface area contributed by atoms with Gasteiger partial charge in [0, 0.05) is 41.9 Å². The molecule has 11 aromatic rings. The molecule has 11 rings (SSSR count). The van der Waals surface area contributed by atoms with Gasteiger partial charge in [0.2, 0.25) is 5.71 Å². The van der Waals surface area contributed by atoms with Crippen LogP contribution in [0, 0.1) is 11.3 Å². The highest BCUT2D eigenvalue weighted by atomic mass is 32.1. The summed E-state index contributed by atoms with van der Waals surface area (Å²) >= 11 is 1.78. The largest absolute Gasteiger partial charge is 0.437 e. The fraction of sp³-hybridized carbons (Fsp3) is 0. The highest BCUT2D eigenvalue weighted by Gasteiger charge is 2.23. The predicted molar refractivity (Wildman–Crippen MR) is 210 cm³/mol. The first kappa shape index (κ1) is 28.1. The van der Waals surface area contributed by atoms with Crippen molar-refractivity contribution in [3.63, 3.8) is 0 Å². The maximum atomic E-state index is 9.60. The van der Waals surface area contributed by atoms with Crippen LogP contribution in [0.2, 0.25) is 0 Å². The number of hydrogen-bond acceptors (Lipinski definition) is 5. The van der Waals surface area contributed by atoms with E-state index in [1.54, 1.807) is 11.3 Å². The summed E-state index contributed by atoms with van der Waals surface area (Å²) in [5.74, 6) is 1.36. The van der Waals surface area contributed by atoms with Crippen molar-refractivity contribution in [2.45, 2.75) is 0 Å². The molecule has 0 aliphatic carbocycles. The number of benzene rings is 7. The third-order valence-electron chi connectivity index (χ3n) is 10.0. The Morgan fingerprint density at radius 3 is 2.22 bits per heavy atom. The molecule has 0 unspecified atom stereocenters. The number of para-hydroxylation sites is 1. The Labute approximate surface area is 294 Å². The zero-order valence-corrected chi connectivity index (χ0v) is 27.8. The van der Waals surface area contributed by atoms with E-state index in [9.17, 15) is 5.26 Å². The van der Waals surface area contributed by atoms with Gasteiger partial charge in [-0.25, -0.2) is 4.98 Å². The molecule has 0 bridgehead atoms. The first-order valence-electron chi connectivity index (χ1n) is 16.8. The lowest BCUT2D eigenvalue weighted by molar-refractivity contribution is 0.653. The molecule has 0 fully saturated rings. The summed E-state index contributed by atoms with van der Waals surface area (Å²) in [6.07, 6.45) is 0. The number of nitrogens with zero attached hydrogens (tertiary/aromatic N) is 4. The zero-order valence-electron chi connectivity index (χ0n) is 27.0. The molecule has 0 spiro atoms. The second-order valence-electron chi connectivity index (χ2n) is 12.9. The Morgan fingerprint density at radius 1 is 0.549 bits per heavy atom. The average Bonchev–Trinajstić information content (AvgIpc) is 3.85. The van der Waals surface area contributed by atoms with Crippen molar-refractivity contribution < 1.29 is 4.42 Å². The molecule has 0 aliphatic rings. The number of thiophene rings is 1. The smallest absolute Gasteiger partial charge is 0.233 e. The minimum atomic E-state index is 0.524. The SMILES string of the molecule is N#Cc1cccc(-c2ccc3oc4nc(-c5ccc6c(c5)sc5ccccc56)nc(-n5c6ccccc6c6cc7ccccc7cc65)c4c3c2)c1. The number of furan rings is 1. The van der Waals surface area contributed by atoms with E-state index in [-0.39, 0.29) is 0 Å². The molecule has 51 heavy (non-hydrogen) atoms. The van der Waals surface area contributed by atoms with Crippen molar-refractivity contribution in [1.82, 2.24) is 14.5 Å². The Balaban J connectivity index is 1.25. The lowest BCUT2D eigenvalue weighted by Gasteiger charge is -2.11. The van der Waals surface area contributed by atoms with E-state index in [1.807, 2.05) is 36.4 Å². The summed E-state index contributed by atoms with van der Waals surface area (Å²) in [7, 11) is 0. The van der Waals surface area contributed by atoms with Crippen LogP contribution in [-0.2, 0) is 0 Å². The third-order valence-corrected chi connectivity index (χ3v) is 11.2. The Kier molecular flexibility index (Phi) is 5.83. The standard InChI is InChI=1S/C45H24N4OS/c46-25-26-8-7-11-27(20-26)30-17-19-39-36(22-30)42-44(49-37-14-5-3-12-32(37)35-21-28-9-1-2-10-29(28)23-38(35)49)47-43(48-45(42)50-39)31-16-18-34-33-13-4-6-15-40(33)51-41(34)24-31/h1-24H. The van der Waals surface area contributed by atoms with Gasteiger partial charge in [0.1, 0.15) is 5.58 Å². The molecule has 6 heteroatoms. The zero-order chi connectivity index (χ0) is 33.6. The molecule has 236 valence electrons. The molecule has 0 saturated carbocycles. The minimum Gasteiger partial charge on any atom is -0.437 e. The van der Waals surface area contributed by atoms with E-state index in [1.165, 1.54) is 25.6 Å². The van der Waals surface area contributed by atoms with Crippen LogP contribution in [-0.4, -0.2) is 14.5 Å². The molecular formula is C45H24N4OS. The van der Waals surface area contributed by atoms with Crippen molar-refractivity contribution >= 4 is 86.2 Å². The number of rotatable bonds is 3. The minimum absolute atomic E-state index is 0.524. The lowest BCUT2D eigenvalue weighted by Crippen LogP contribution is -2.02. The van der Waals surface area contributed by atoms with E-state index in [4.69, 9.17) is 14.4 Å². The normalized spacial score (nSPS) is 11.9. The molecule has 0 amide bonds. The fourth-order valence-electron chi connectivity index (χ4n) is 7.64. The average molecular weight is 669 g/mol. The topological polar surface area (TPSA) is 67.6 Å². The molecule has 0 radical (unpaired) electrons. The first-order valence-corrected chi connectivity index (χ1v) is 17.6. The van der Waals surface area contributed by atoms with Crippen molar-refractivity contribution in [2.24, 2.45) is 0 Å². The van der Waals surface area contributed by atoms with Crippen LogP contribution in [0.15, 0.2) is 150 Å². The summed E-state index contributed by atoms with van der Waals surface area (Å²) in [5.41, 5.74) is 6.86. The number of hydrogen-bond donors (Lipinski definition) is 0. The lowest BCUT2D eigenvalue weighted by atomic mass is 10.0. The van der Waals surface area contributed by atoms with Gasteiger partial charge in [0.15, 0.2) is 11.6 Å². The Hall–Kier alpha value is -6.81. The van der Waals surface area contributed by atoms with Crippen LogP contribution < -0.4 is 0 Å². The molecule has 0 aliphatic heterocycles. The monoisotopic (exact) mass is 668 g/mol. The molecule has 7 aromatic carbocycles. The van der Waals surface area contributed by atoms with E-state index < -0.39 is 0 Å². The second-order valence-corrected chi connectivity index (χ2v) is 14.0. The summed E-state index contributed by atoms with van der Waals surface area (Å²) in [5, 5.41) is 18.5. The van der Waals surface area contributed by atoms with Crippen LogP contribution in [0.25, 0.3) is 103 Å². The second kappa shape index (κ2) is 10.6. The van der Waals surface area contributed by atoms with Crippen molar-refractivity contribution in [3.05, 3.63) is 151 Å². The third kappa shape index (κ3) is 4.19. The Morgan fingerprint density at radius 2 is 1.31 bits per heavy atom. The number of nitriles is 1. The van der Waals surface area contributed by atoms with Crippen LogP contribution in [0.5, 0.6) is 0 Å². The van der Waals surface area contributed by atoms with Crippen molar-refractivity contribution in [2.75, 3.05) is 0 Å². The van der Waals surface area contributed by atoms with E-state index >= 15 is 0 Å². The molecule has 0 atom stereocenters. The summed E-state index contributed by atoms with van der Waals surface area (Å²) in [6, 6.07) is 52.7. The van der Waals surface area contributed by atoms with E-state index in [2.05, 4.69) is 120 Å². The summed E-state index contributed by atoms with van der Waals surface area (Å²) in [4.78, 5) is 10.6. The van der Waals surface area contributed by atoms with Crippen LogP contribution in [0.4, 0.5) is 0 Å². The number of fused-ring (bicyclic) bond motifs is 10. The molecule has 4 aromatic heterocycles. The quantitative estimate of drug-likeness (QED) is 0.188. The van der Waals surface area contributed by atoms with Crippen LogP contribution in [0.1, 0.15) is 5.56 Å². The van der Waals surface area contributed by atoms with Crippen molar-refractivity contribution in [3.8, 4) is 34.4 Å². The molecule has 0 N–H and O–H groups in total. The van der Waals surface area contributed by atoms with Gasteiger partial charge < -0.3 is 4.42 Å². The maximum Gasteiger partial charge on any atom is 0.233 e. The van der Waals surface area contributed by atoms with Crippen LogP contribution in [0.3, 0.4) is 0 Å². The summed E-state index contributed by atoms with van der Waals surface area (Å²) < 4.78 is 11.3. The van der Waals surface area contributed by atoms with Gasteiger partial charge in [-0.15, -0.1) is 11.3 Å². The predicted octanol–water partition coefficient (Wildman–Crippen LogP) is 12.2. The van der Waals surface area contributed by atoms with Crippen LogP contribution >= 0.6 is 11.3 Å². The van der Waals surface area contributed by atoms with Gasteiger partial charge in [-0.3, -0.25) is 4.57 Å². The van der Waals surface area contributed by atoms with E-state index in [0.29, 0.717) is 17.1 Å². The fourth-order valence-corrected chi connectivity index (χ4v) is 8.79. The van der Waals surface area contributed by atoms with Gasteiger partial charge in [-0.2, -0.15) is 10.2 Å². The van der Waals surface area contributed by atoms with Gasteiger partial charge >= 0.3 is 0 Å². The molecular weight excluding hydrogens is 645 g/mol. The first-order chi connectivity index (χ1) is 25.2. The summed E-state index contributed by atoms with van der Waals surface area (Å²) in [6.45, 7) is 0. The van der Waals surface area contributed by atoms with Gasteiger partial charge in [0.05, 0.1) is 28.1 Å². The van der Waals surface area contributed by atoms with E-state index in [0.717, 1.165) is 66.1 Å². The maximum absolute atomic E-state index is 9.60. The highest BCUT2D eigenvalue weighted by molar-refractivity contribution is 7.25. The van der Waals surface area contributed by atoms with Gasteiger partial charge in [0.25, 0.3) is 0 Å². The van der Waals surface area contributed by atoms with Crippen molar-refractivity contribution in [1.29, 1.82) is 5.26 Å².